The van der Waals surface area contributed by atoms with Crippen LogP contribution in [0.3, 0.4) is 0 Å². The maximum atomic E-state index is 11.2. The third kappa shape index (κ3) is 1.91. The minimum Gasteiger partial charge on any atom is -0.324 e. The number of rotatable bonds is 2. The molecule has 0 spiro atoms. The van der Waals surface area contributed by atoms with Crippen LogP contribution in [0.4, 0.5) is 0 Å². The Labute approximate surface area is 85.0 Å². The van der Waals surface area contributed by atoms with Crippen molar-refractivity contribution in [3.05, 3.63) is 34.4 Å². The molecule has 0 aliphatic rings. The summed E-state index contributed by atoms with van der Waals surface area (Å²) in [6, 6.07) is 1.35. The predicted molar refractivity (Wildman–Crippen MR) is 52.4 cm³/mol. The SMILES string of the molecule is Cc1nc(-n2cnc(CN)n2)cc(=O)[nH]1. The van der Waals surface area contributed by atoms with E-state index >= 15 is 0 Å². The molecule has 0 bridgehead atoms. The van der Waals surface area contributed by atoms with Crippen LogP contribution in [0.5, 0.6) is 0 Å². The van der Waals surface area contributed by atoms with Crippen molar-refractivity contribution < 1.29 is 0 Å². The summed E-state index contributed by atoms with van der Waals surface area (Å²) >= 11 is 0. The van der Waals surface area contributed by atoms with Gasteiger partial charge in [0.1, 0.15) is 12.2 Å². The molecule has 78 valence electrons. The summed E-state index contributed by atoms with van der Waals surface area (Å²) in [6.45, 7) is 1.96. The van der Waals surface area contributed by atoms with E-state index in [1.165, 1.54) is 17.1 Å². The Morgan fingerprint density at radius 2 is 2.40 bits per heavy atom. The topological polar surface area (TPSA) is 102 Å². The van der Waals surface area contributed by atoms with Crippen molar-refractivity contribution in [2.24, 2.45) is 5.73 Å². The van der Waals surface area contributed by atoms with Gasteiger partial charge in [0.2, 0.25) is 0 Å². The first kappa shape index (κ1) is 9.53. The maximum absolute atomic E-state index is 11.2. The molecular formula is C8H10N6O. The number of nitrogens with two attached hydrogens (primary N) is 1. The average Bonchev–Trinajstić information content (AvgIpc) is 2.64. The fourth-order valence-corrected chi connectivity index (χ4v) is 1.18. The van der Waals surface area contributed by atoms with E-state index in [4.69, 9.17) is 5.73 Å². The third-order valence-electron chi connectivity index (χ3n) is 1.80. The number of nitrogens with zero attached hydrogens (tertiary/aromatic N) is 4. The van der Waals surface area contributed by atoms with E-state index in [0.717, 1.165) is 0 Å². The first-order valence-corrected chi connectivity index (χ1v) is 4.38. The first-order valence-electron chi connectivity index (χ1n) is 4.38. The average molecular weight is 206 g/mol. The van der Waals surface area contributed by atoms with E-state index in [0.29, 0.717) is 17.5 Å². The van der Waals surface area contributed by atoms with Gasteiger partial charge < -0.3 is 10.7 Å². The summed E-state index contributed by atoms with van der Waals surface area (Å²) in [5, 5.41) is 4.05. The monoisotopic (exact) mass is 206 g/mol. The molecular weight excluding hydrogens is 196 g/mol. The number of H-pyrrole nitrogens is 1. The number of hydrogen-bond donors (Lipinski definition) is 2. The van der Waals surface area contributed by atoms with Gasteiger partial charge in [0.05, 0.1) is 6.54 Å². The van der Waals surface area contributed by atoms with Crippen molar-refractivity contribution in [2.45, 2.75) is 13.5 Å². The van der Waals surface area contributed by atoms with Gasteiger partial charge in [-0.1, -0.05) is 0 Å². The van der Waals surface area contributed by atoms with Crippen LogP contribution in [0.15, 0.2) is 17.2 Å². The standard InChI is InChI=1S/C8H10N6O/c1-5-11-7(2-8(15)12-5)14-4-10-6(3-9)13-14/h2,4H,3,9H2,1H3,(H,11,12,15). The van der Waals surface area contributed by atoms with Crippen molar-refractivity contribution >= 4 is 0 Å². The molecule has 0 aliphatic carbocycles. The van der Waals surface area contributed by atoms with E-state index in [1.807, 2.05) is 0 Å². The molecule has 15 heavy (non-hydrogen) atoms. The van der Waals surface area contributed by atoms with Gasteiger partial charge in [0.15, 0.2) is 11.6 Å². The fourth-order valence-electron chi connectivity index (χ4n) is 1.18. The molecule has 0 saturated heterocycles. The zero-order chi connectivity index (χ0) is 10.8. The molecule has 0 fully saturated rings. The summed E-state index contributed by atoms with van der Waals surface area (Å²) in [6.07, 6.45) is 1.48. The number of hydrogen-bond acceptors (Lipinski definition) is 5. The molecule has 2 rings (SSSR count). The lowest BCUT2D eigenvalue weighted by atomic mass is 10.5. The second-order valence-corrected chi connectivity index (χ2v) is 3.00. The molecule has 7 nitrogen and oxygen atoms in total. The van der Waals surface area contributed by atoms with Crippen molar-refractivity contribution in [3.8, 4) is 5.82 Å². The summed E-state index contributed by atoms with van der Waals surface area (Å²) in [5.41, 5.74) is 5.15. The highest BCUT2D eigenvalue weighted by atomic mass is 16.1. The molecule has 0 atom stereocenters. The smallest absolute Gasteiger partial charge is 0.253 e. The van der Waals surface area contributed by atoms with Gasteiger partial charge in [-0.25, -0.2) is 14.6 Å². The summed E-state index contributed by atoms with van der Waals surface area (Å²) in [7, 11) is 0. The highest BCUT2D eigenvalue weighted by molar-refractivity contribution is 5.18. The molecule has 0 aromatic carbocycles. The largest absolute Gasteiger partial charge is 0.324 e. The number of aryl methyl sites for hydroxylation is 1. The van der Waals surface area contributed by atoms with E-state index in [1.54, 1.807) is 6.92 Å². The molecule has 0 unspecified atom stereocenters. The van der Waals surface area contributed by atoms with E-state index < -0.39 is 0 Å². The van der Waals surface area contributed by atoms with Gasteiger partial charge in [-0.3, -0.25) is 4.79 Å². The van der Waals surface area contributed by atoms with Crippen LogP contribution in [-0.2, 0) is 6.54 Å². The summed E-state index contributed by atoms with van der Waals surface area (Å²) in [4.78, 5) is 21.8. The molecule has 0 aliphatic heterocycles. The lowest BCUT2D eigenvalue weighted by molar-refractivity contribution is 0.793. The molecule has 2 aromatic rings. The lowest BCUT2D eigenvalue weighted by Gasteiger charge is -1.99. The van der Waals surface area contributed by atoms with Gasteiger partial charge in [-0.2, -0.15) is 0 Å². The minimum absolute atomic E-state index is 0.220. The highest BCUT2D eigenvalue weighted by Gasteiger charge is 2.03. The first-order chi connectivity index (χ1) is 7.19. The van der Waals surface area contributed by atoms with Crippen molar-refractivity contribution in [3.63, 3.8) is 0 Å². The second kappa shape index (κ2) is 3.62. The normalized spacial score (nSPS) is 10.5. The van der Waals surface area contributed by atoms with Gasteiger partial charge in [0.25, 0.3) is 5.56 Å². The minimum atomic E-state index is -0.220. The summed E-state index contributed by atoms with van der Waals surface area (Å²) < 4.78 is 1.42. The molecule has 2 heterocycles. The Kier molecular flexibility index (Phi) is 2.30. The number of nitrogens with one attached hydrogen (secondary N) is 1. The van der Waals surface area contributed by atoms with E-state index in [2.05, 4.69) is 20.1 Å². The zero-order valence-corrected chi connectivity index (χ0v) is 8.14. The van der Waals surface area contributed by atoms with E-state index in [-0.39, 0.29) is 12.1 Å². The van der Waals surface area contributed by atoms with Gasteiger partial charge in [0, 0.05) is 6.07 Å². The Bertz CT molecular complexity index is 528. The van der Waals surface area contributed by atoms with Crippen molar-refractivity contribution in [1.29, 1.82) is 0 Å². The van der Waals surface area contributed by atoms with Gasteiger partial charge in [-0.15, -0.1) is 5.10 Å². The van der Waals surface area contributed by atoms with Crippen LogP contribution in [-0.4, -0.2) is 24.7 Å². The molecule has 3 N–H and O–H groups in total. The second-order valence-electron chi connectivity index (χ2n) is 3.00. The summed E-state index contributed by atoms with van der Waals surface area (Å²) in [5.74, 6) is 1.47. The third-order valence-corrected chi connectivity index (χ3v) is 1.80. The Hall–Kier alpha value is -2.02. The van der Waals surface area contributed by atoms with Crippen LogP contribution in [0.1, 0.15) is 11.6 Å². The quantitative estimate of drug-likeness (QED) is 0.664. The molecule has 2 aromatic heterocycles. The Morgan fingerprint density at radius 1 is 1.60 bits per heavy atom. The number of aromatic nitrogens is 5. The Morgan fingerprint density at radius 3 is 3.00 bits per heavy atom. The van der Waals surface area contributed by atoms with Gasteiger partial charge in [-0.05, 0) is 6.92 Å². The predicted octanol–water partition coefficient (Wildman–Crippen LogP) is -0.882. The lowest BCUT2D eigenvalue weighted by Crippen LogP contribution is -2.12. The van der Waals surface area contributed by atoms with Crippen LogP contribution in [0.2, 0.25) is 0 Å². The fraction of sp³-hybridized carbons (Fsp3) is 0.250. The zero-order valence-electron chi connectivity index (χ0n) is 8.14. The highest BCUT2D eigenvalue weighted by Crippen LogP contribution is 1.98. The van der Waals surface area contributed by atoms with E-state index in [9.17, 15) is 4.79 Å². The van der Waals surface area contributed by atoms with Gasteiger partial charge >= 0.3 is 0 Å². The van der Waals surface area contributed by atoms with Crippen LogP contribution >= 0.6 is 0 Å². The van der Waals surface area contributed by atoms with Crippen LogP contribution in [0, 0.1) is 6.92 Å². The number of aromatic amines is 1. The van der Waals surface area contributed by atoms with Crippen LogP contribution in [0.25, 0.3) is 5.82 Å². The van der Waals surface area contributed by atoms with Crippen LogP contribution < -0.4 is 11.3 Å². The molecule has 0 amide bonds. The maximum Gasteiger partial charge on any atom is 0.253 e. The molecule has 7 heteroatoms. The molecule has 0 saturated carbocycles. The van der Waals surface area contributed by atoms with Crippen molar-refractivity contribution in [2.75, 3.05) is 0 Å². The van der Waals surface area contributed by atoms with Crippen molar-refractivity contribution in [1.82, 2.24) is 24.7 Å². The Balaban J connectivity index is 2.48. The molecule has 0 radical (unpaired) electrons.